The summed E-state index contributed by atoms with van der Waals surface area (Å²) < 4.78 is 0. The molecule has 2 amide bonds. The molecule has 27 heavy (non-hydrogen) atoms. The summed E-state index contributed by atoms with van der Waals surface area (Å²) in [7, 11) is 0. The first-order chi connectivity index (χ1) is 13.0. The Morgan fingerprint density at radius 1 is 0.815 bits per heavy atom. The van der Waals surface area contributed by atoms with Crippen molar-refractivity contribution in [2.24, 2.45) is 11.8 Å². The van der Waals surface area contributed by atoms with Gasteiger partial charge in [0.25, 0.3) is 5.91 Å². The second-order valence-corrected chi connectivity index (χ2v) is 6.73. The summed E-state index contributed by atoms with van der Waals surface area (Å²) in [5.74, 6) is -2.70. The topological polar surface area (TPSA) is 95.5 Å². The number of rotatable bonds is 5. The summed E-state index contributed by atoms with van der Waals surface area (Å²) in [6, 6.07) is 15.7. The Morgan fingerprint density at radius 2 is 1.48 bits per heavy atom. The van der Waals surface area contributed by atoms with Gasteiger partial charge in [0.15, 0.2) is 0 Å². The van der Waals surface area contributed by atoms with Crippen molar-refractivity contribution < 1.29 is 19.5 Å². The number of para-hydroxylation sites is 1. The molecule has 0 radical (unpaired) electrons. The zero-order valence-corrected chi connectivity index (χ0v) is 14.9. The van der Waals surface area contributed by atoms with Crippen molar-refractivity contribution in [1.82, 2.24) is 0 Å². The van der Waals surface area contributed by atoms with E-state index in [1.807, 2.05) is 18.2 Å². The van der Waals surface area contributed by atoms with Gasteiger partial charge in [-0.15, -0.1) is 0 Å². The molecular formula is C21H22N2O4. The van der Waals surface area contributed by atoms with E-state index >= 15 is 0 Å². The van der Waals surface area contributed by atoms with Gasteiger partial charge < -0.3 is 15.7 Å². The van der Waals surface area contributed by atoms with E-state index < -0.39 is 17.8 Å². The lowest BCUT2D eigenvalue weighted by Gasteiger charge is -2.27. The van der Waals surface area contributed by atoms with Gasteiger partial charge >= 0.3 is 5.97 Å². The number of hydrogen-bond acceptors (Lipinski definition) is 3. The van der Waals surface area contributed by atoms with Crippen LogP contribution >= 0.6 is 0 Å². The van der Waals surface area contributed by atoms with E-state index in [0.29, 0.717) is 29.8 Å². The third kappa shape index (κ3) is 4.73. The monoisotopic (exact) mass is 366 g/mol. The van der Waals surface area contributed by atoms with Gasteiger partial charge in [-0.2, -0.15) is 0 Å². The number of carboxylic acids is 1. The fraction of sp³-hybridized carbons (Fsp3) is 0.286. The van der Waals surface area contributed by atoms with E-state index in [0.717, 1.165) is 12.8 Å². The molecule has 0 bridgehead atoms. The van der Waals surface area contributed by atoms with E-state index in [2.05, 4.69) is 10.6 Å². The molecule has 1 aliphatic carbocycles. The number of anilines is 2. The van der Waals surface area contributed by atoms with Crippen LogP contribution in [-0.4, -0.2) is 22.9 Å². The standard InChI is InChI=1S/C21H22N2O4/c24-19(22-15-8-2-1-3-9-15)14-7-6-10-16(13-14)23-20(25)17-11-4-5-12-18(17)21(26)27/h1-3,6-10,13,17-18H,4-5,11-12H2,(H,22,24)(H,23,25)(H,26,27). The normalized spacial score (nSPS) is 19.1. The molecule has 6 nitrogen and oxygen atoms in total. The van der Waals surface area contributed by atoms with Gasteiger partial charge in [0.2, 0.25) is 5.91 Å². The Bertz CT molecular complexity index is 835. The highest BCUT2D eigenvalue weighted by Gasteiger charge is 2.35. The largest absolute Gasteiger partial charge is 0.481 e. The average molecular weight is 366 g/mol. The number of carbonyl (C=O) groups is 3. The smallest absolute Gasteiger partial charge is 0.307 e. The van der Waals surface area contributed by atoms with E-state index in [-0.39, 0.29) is 11.8 Å². The third-order valence-electron chi connectivity index (χ3n) is 4.84. The Morgan fingerprint density at radius 3 is 2.19 bits per heavy atom. The van der Waals surface area contributed by atoms with Gasteiger partial charge in [-0.3, -0.25) is 14.4 Å². The first kappa shape index (κ1) is 18.6. The Balaban J connectivity index is 1.69. The summed E-state index contributed by atoms with van der Waals surface area (Å²) in [5.41, 5.74) is 1.58. The number of carbonyl (C=O) groups excluding carboxylic acids is 2. The molecule has 0 spiro atoms. The zero-order valence-electron chi connectivity index (χ0n) is 14.9. The molecule has 140 valence electrons. The second kappa shape index (κ2) is 8.49. The second-order valence-electron chi connectivity index (χ2n) is 6.73. The molecule has 1 saturated carbocycles. The molecule has 2 atom stereocenters. The van der Waals surface area contributed by atoms with Crippen molar-refractivity contribution in [3.63, 3.8) is 0 Å². The van der Waals surface area contributed by atoms with E-state index in [9.17, 15) is 19.5 Å². The molecule has 3 rings (SSSR count). The number of benzene rings is 2. The van der Waals surface area contributed by atoms with Gasteiger partial charge in [0, 0.05) is 16.9 Å². The van der Waals surface area contributed by atoms with Crippen molar-refractivity contribution >= 4 is 29.2 Å². The third-order valence-corrected chi connectivity index (χ3v) is 4.84. The van der Waals surface area contributed by atoms with Crippen LogP contribution in [0.25, 0.3) is 0 Å². The van der Waals surface area contributed by atoms with Gasteiger partial charge in [-0.1, -0.05) is 37.1 Å². The van der Waals surface area contributed by atoms with Crippen LogP contribution in [-0.2, 0) is 9.59 Å². The summed E-state index contributed by atoms with van der Waals surface area (Å²) >= 11 is 0. The summed E-state index contributed by atoms with van der Waals surface area (Å²) in [6.07, 6.45) is 2.77. The van der Waals surface area contributed by atoms with Crippen LogP contribution in [0.4, 0.5) is 11.4 Å². The predicted molar refractivity (Wildman–Crippen MR) is 103 cm³/mol. The predicted octanol–water partition coefficient (Wildman–Crippen LogP) is 3.77. The maximum Gasteiger partial charge on any atom is 0.307 e. The molecule has 1 aliphatic rings. The first-order valence-corrected chi connectivity index (χ1v) is 9.05. The molecule has 2 aromatic carbocycles. The summed E-state index contributed by atoms with van der Waals surface area (Å²) in [6.45, 7) is 0. The lowest BCUT2D eigenvalue weighted by atomic mass is 9.78. The van der Waals surface area contributed by atoms with Crippen LogP contribution in [0.2, 0.25) is 0 Å². The van der Waals surface area contributed by atoms with Crippen LogP contribution in [0.3, 0.4) is 0 Å². The van der Waals surface area contributed by atoms with Crippen molar-refractivity contribution in [2.45, 2.75) is 25.7 Å². The Kier molecular flexibility index (Phi) is 5.86. The lowest BCUT2D eigenvalue weighted by Crippen LogP contribution is -2.36. The molecule has 3 N–H and O–H groups in total. The van der Waals surface area contributed by atoms with Crippen LogP contribution in [0.1, 0.15) is 36.0 Å². The first-order valence-electron chi connectivity index (χ1n) is 9.05. The molecule has 1 fully saturated rings. The van der Waals surface area contributed by atoms with Crippen molar-refractivity contribution in [2.75, 3.05) is 10.6 Å². The molecule has 2 unspecified atom stereocenters. The quantitative estimate of drug-likeness (QED) is 0.751. The van der Waals surface area contributed by atoms with E-state index in [1.54, 1.807) is 36.4 Å². The minimum Gasteiger partial charge on any atom is -0.481 e. The highest BCUT2D eigenvalue weighted by Crippen LogP contribution is 2.31. The van der Waals surface area contributed by atoms with Gasteiger partial charge in [0.05, 0.1) is 11.8 Å². The lowest BCUT2D eigenvalue weighted by molar-refractivity contribution is -0.147. The van der Waals surface area contributed by atoms with Crippen LogP contribution < -0.4 is 10.6 Å². The molecule has 0 aliphatic heterocycles. The van der Waals surface area contributed by atoms with Crippen molar-refractivity contribution in [3.8, 4) is 0 Å². The molecule has 6 heteroatoms. The van der Waals surface area contributed by atoms with Crippen LogP contribution in [0.15, 0.2) is 54.6 Å². The molecule has 0 aromatic heterocycles. The number of carboxylic acid groups (broad SMARTS) is 1. The molecular weight excluding hydrogens is 344 g/mol. The minimum absolute atomic E-state index is 0.279. The molecule has 0 saturated heterocycles. The summed E-state index contributed by atoms with van der Waals surface area (Å²) in [4.78, 5) is 36.4. The fourth-order valence-electron chi connectivity index (χ4n) is 3.44. The van der Waals surface area contributed by atoms with Gasteiger partial charge in [0.1, 0.15) is 0 Å². The van der Waals surface area contributed by atoms with Crippen molar-refractivity contribution in [1.29, 1.82) is 0 Å². The average Bonchev–Trinajstić information content (AvgIpc) is 2.69. The van der Waals surface area contributed by atoms with Gasteiger partial charge in [-0.25, -0.2) is 0 Å². The van der Waals surface area contributed by atoms with E-state index in [4.69, 9.17) is 0 Å². The molecule has 0 heterocycles. The number of amides is 2. The fourth-order valence-corrected chi connectivity index (χ4v) is 3.44. The SMILES string of the molecule is O=C(Nc1ccccc1)c1cccc(NC(=O)C2CCCCC2C(=O)O)c1. The van der Waals surface area contributed by atoms with Crippen LogP contribution in [0, 0.1) is 11.8 Å². The number of aliphatic carboxylic acids is 1. The maximum atomic E-state index is 12.6. The highest BCUT2D eigenvalue weighted by atomic mass is 16.4. The van der Waals surface area contributed by atoms with Crippen LogP contribution in [0.5, 0.6) is 0 Å². The molecule has 2 aromatic rings. The van der Waals surface area contributed by atoms with E-state index in [1.165, 1.54) is 0 Å². The van der Waals surface area contributed by atoms with Crippen molar-refractivity contribution in [3.05, 3.63) is 60.2 Å². The highest BCUT2D eigenvalue weighted by molar-refractivity contribution is 6.05. The Hall–Kier alpha value is -3.15. The minimum atomic E-state index is -0.925. The summed E-state index contributed by atoms with van der Waals surface area (Å²) in [5, 5.41) is 14.9. The zero-order chi connectivity index (χ0) is 19.2. The van der Waals surface area contributed by atoms with Gasteiger partial charge in [-0.05, 0) is 43.2 Å². The maximum absolute atomic E-state index is 12.6. The number of hydrogen-bond donors (Lipinski definition) is 3. The number of nitrogens with one attached hydrogen (secondary N) is 2. The Labute approximate surface area is 157 Å².